The van der Waals surface area contributed by atoms with Gasteiger partial charge in [-0.25, -0.2) is 8.78 Å². The lowest BCUT2D eigenvalue weighted by Crippen LogP contribution is -2.30. The molecule has 8 heteroatoms. The molecular weight excluding hydrogens is 376 g/mol. The van der Waals surface area contributed by atoms with Gasteiger partial charge in [0, 0.05) is 33.5 Å². The Balaban J connectivity index is 1.83. The van der Waals surface area contributed by atoms with Gasteiger partial charge in [0.2, 0.25) is 0 Å². The summed E-state index contributed by atoms with van der Waals surface area (Å²) in [7, 11) is 0. The van der Waals surface area contributed by atoms with Crippen LogP contribution in [0.1, 0.15) is 39.9 Å². The van der Waals surface area contributed by atoms with E-state index in [2.05, 4.69) is 5.32 Å². The number of nitrogens with one attached hydrogen (secondary N) is 1. The van der Waals surface area contributed by atoms with Gasteiger partial charge in [0.1, 0.15) is 0 Å². The van der Waals surface area contributed by atoms with E-state index in [9.17, 15) is 23.2 Å². The SMILES string of the molecule is Cc1cc(C(=O)CCC(=O)O[C@H](C)C(=O)Nc2ccc(F)c(F)c2)c(C)s1. The molecule has 5 nitrogen and oxygen atoms in total. The van der Waals surface area contributed by atoms with Gasteiger partial charge in [0.15, 0.2) is 23.5 Å². The molecule has 0 aliphatic heterocycles. The summed E-state index contributed by atoms with van der Waals surface area (Å²) in [6.07, 6.45) is -1.32. The van der Waals surface area contributed by atoms with E-state index in [0.29, 0.717) is 5.56 Å². The Labute approximate surface area is 159 Å². The number of benzene rings is 1. The quantitative estimate of drug-likeness (QED) is 0.564. The first kappa shape index (κ1) is 20.7. The molecule has 1 N–H and O–H groups in total. The van der Waals surface area contributed by atoms with Gasteiger partial charge in [-0.15, -0.1) is 11.3 Å². The Bertz CT molecular complexity index is 879. The van der Waals surface area contributed by atoms with Gasteiger partial charge in [-0.3, -0.25) is 14.4 Å². The van der Waals surface area contributed by atoms with E-state index in [1.54, 1.807) is 6.07 Å². The lowest BCUT2D eigenvalue weighted by molar-refractivity contribution is -0.153. The van der Waals surface area contributed by atoms with Crippen molar-refractivity contribution in [3.63, 3.8) is 0 Å². The molecule has 0 fully saturated rings. The van der Waals surface area contributed by atoms with Gasteiger partial charge in [0.05, 0.1) is 6.42 Å². The number of aryl methyl sites for hydroxylation is 2. The molecule has 1 aromatic heterocycles. The van der Waals surface area contributed by atoms with Crippen molar-refractivity contribution in [3.8, 4) is 0 Å². The van der Waals surface area contributed by atoms with Crippen LogP contribution in [-0.2, 0) is 14.3 Å². The summed E-state index contributed by atoms with van der Waals surface area (Å²) in [5.41, 5.74) is 0.634. The number of ketones is 1. The Morgan fingerprint density at radius 1 is 1.11 bits per heavy atom. The van der Waals surface area contributed by atoms with Crippen LogP contribution < -0.4 is 5.32 Å². The number of Topliss-reactive ketones (excluding diaryl/α,β-unsaturated/α-hetero) is 1. The van der Waals surface area contributed by atoms with Crippen molar-refractivity contribution in [2.45, 2.75) is 39.7 Å². The molecule has 144 valence electrons. The number of ether oxygens (including phenoxy) is 1. The van der Waals surface area contributed by atoms with Gasteiger partial charge in [0.25, 0.3) is 5.91 Å². The normalized spacial score (nSPS) is 11.7. The van der Waals surface area contributed by atoms with Crippen molar-refractivity contribution in [1.29, 1.82) is 0 Å². The molecule has 1 amide bonds. The first-order valence-electron chi connectivity index (χ1n) is 8.23. The zero-order chi connectivity index (χ0) is 20.1. The van der Waals surface area contributed by atoms with Crippen LogP contribution in [-0.4, -0.2) is 23.8 Å². The van der Waals surface area contributed by atoms with Gasteiger partial charge < -0.3 is 10.1 Å². The highest BCUT2D eigenvalue weighted by Gasteiger charge is 2.20. The summed E-state index contributed by atoms with van der Waals surface area (Å²) < 4.78 is 31.0. The minimum absolute atomic E-state index is 0.0205. The van der Waals surface area contributed by atoms with Gasteiger partial charge >= 0.3 is 5.97 Å². The largest absolute Gasteiger partial charge is 0.453 e. The molecule has 0 radical (unpaired) electrons. The van der Waals surface area contributed by atoms with E-state index in [1.807, 2.05) is 13.8 Å². The number of halogens is 2. The van der Waals surface area contributed by atoms with E-state index < -0.39 is 29.6 Å². The first-order valence-corrected chi connectivity index (χ1v) is 9.04. The van der Waals surface area contributed by atoms with Crippen LogP contribution in [0.5, 0.6) is 0 Å². The maximum atomic E-state index is 13.1. The van der Waals surface area contributed by atoms with Crippen molar-refractivity contribution < 1.29 is 27.9 Å². The topological polar surface area (TPSA) is 72.5 Å². The molecule has 2 aromatic rings. The van der Waals surface area contributed by atoms with Crippen LogP contribution in [0.3, 0.4) is 0 Å². The highest BCUT2D eigenvalue weighted by atomic mass is 32.1. The van der Waals surface area contributed by atoms with Gasteiger partial charge in [-0.05, 0) is 39.0 Å². The monoisotopic (exact) mass is 395 g/mol. The van der Waals surface area contributed by atoms with Crippen molar-refractivity contribution in [3.05, 3.63) is 51.2 Å². The van der Waals surface area contributed by atoms with Crippen molar-refractivity contribution in [1.82, 2.24) is 0 Å². The molecule has 0 saturated carbocycles. The zero-order valence-corrected chi connectivity index (χ0v) is 15.9. The van der Waals surface area contributed by atoms with Crippen LogP contribution in [0.25, 0.3) is 0 Å². The second-order valence-electron chi connectivity index (χ2n) is 6.00. The molecule has 2 rings (SSSR count). The molecule has 1 atom stereocenters. The average molecular weight is 395 g/mol. The molecule has 1 heterocycles. The smallest absolute Gasteiger partial charge is 0.307 e. The van der Waals surface area contributed by atoms with Crippen LogP contribution >= 0.6 is 11.3 Å². The summed E-state index contributed by atoms with van der Waals surface area (Å²) in [6, 6.07) is 4.67. The highest BCUT2D eigenvalue weighted by Crippen LogP contribution is 2.22. The lowest BCUT2D eigenvalue weighted by Gasteiger charge is -2.13. The number of rotatable bonds is 7. The van der Waals surface area contributed by atoms with Crippen molar-refractivity contribution >= 4 is 34.7 Å². The fourth-order valence-corrected chi connectivity index (χ4v) is 3.33. The van der Waals surface area contributed by atoms with E-state index >= 15 is 0 Å². The summed E-state index contributed by atoms with van der Waals surface area (Å²) in [5, 5.41) is 2.33. The van der Waals surface area contributed by atoms with Crippen molar-refractivity contribution in [2.75, 3.05) is 5.32 Å². The van der Waals surface area contributed by atoms with Crippen LogP contribution in [0, 0.1) is 25.5 Å². The average Bonchev–Trinajstić information content (AvgIpc) is 2.94. The first-order chi connectivity index (χ1) is 12.7. The lowest BCUT2D eigenvalue weighted by atomic mass is 10.1. The molecule has 0 aliphatic carbocycles. The third-order valence-electron chi connectivity index (χ3n) is 3.76. The number of anilines is 1. The number of thiophene rings is 1. The number of carbonyl (C=O) groups is 3. The fraction of sp³-hybridized carbons (Fsp3) is 0.316. The van der Waals surface area contributed by atoms with E-state index in [-0.39, 0.29) is 24.3 Å². The van der Waals surface area contributed by atoms with Crippen molar-refractivity contribution in [2.24, 2.45) is 0 Å². The summed E-state index contributed by atoms with van der Waals surface area (Å²) >= 11 is 1.51. The van der Waals surface area contributed by atoms with Crippen LogP contribution in [0.2, 0.25) is 0 Å². The molecule has 27 heavy (non-hydrogen) atoms. The number of esters is 1. The second kappa shape index (κ2) is 8.85. The maximum absolute atomic E-state index is 13.1. The Hall–Kier alpha value is -2.61. The molecule has 1 aromatic carbocycles. The van der Waals surface area contributed by atoms with E-state index in [4.69, 9.17) is 4.74 Å². The minimum atomic E-state index is -1.15. The number of hydrogen-bond acceptors (Lipinski definition) is 5. The van der Waals surface area contributed by atoms with Crippen LogP contribution in [0.4, 0.5) is 14.5 Å². The predicted molar refractivity (Wildman–Crippen MR) is 97.9 cm³/mol. The van der Waals surface area contributed by atoms with Gasteiger partial charge in [-0.2, -0.15) is 0 Å². The van der Waals surface area contributed by atoms with E-state index in [1.165, 1.54) is 24.3 Å². The van der Waals surface area contributed by atoms with Crippen LogP contribution in [0.15, 0.2) is 24.3 Å². The third kappa shape index (κ3) is 5.68. The number of carbonyl (C=O) groups excluding carboxylic acids is 3. The minimum Gasteiger partial charge on any atom is -0.453 e. The molecule has 0 bridgehead atoms. The third-order valence-corrected chi connectivity index (χ3v) is 4.73. The Morgan fingerprint density at radius 2 is 1.81 bits per heavy atom. The maximum Gasteiger partial charge on any atom is 0.307 e. The number of hydrogen-bond donors (Lipinski definition) is 1. The Morgan fingerprint density at radius 3 is 2.41 bits per heavy atom. The fourth-order valence-electron chi connectivity index (χ4n) is 2.39. The molecule has 0 spiro atoms. The molecule has 0 aliphatic rings. The Kier molecular flexibility index (Phi) is 6.79. The molecule has 0 saturated heterocycles. The summed E-state index contributed by atoms with van der Waals surface area (Å²) in [6.45, 7) is 5.09. The molecular formula is C19H19F2NO4S. The number of amides is 1. The van der Waals surface area contributed by atoms with E-state index in [0.717, 1.165) is 21.9 Å². The summed E-state index contributed by atoms with van der Waals surface area (Å²) in [5.74, 6) is -3.68. The second-order valence-corrected chi connectivity index (χ2v) is 7.46. The highest BCUT2D eigenvalue weighted by molar-refractivity contribution is 7.12. The zero-order valence-electron chi connectivity index (χ0n) is 15.1. The standard InChI is InChI=1S/C19H19F2NO4S/c1-10-8-14(12(3)27-10)17(23)6-7-18(24)26-11(2)19(25)22-13-4-5-15(20)16(21)9-13/h4-5,8-9,11H,6-7H2,1-3H3,(H,22,25)/t11-/m1/s1. The van der Waals surface area contributed by atoms with Gasteiger partial charge in [-0.1, -0.05) is 0 Å². The predicted octanol–water partition coefficient (Wildman–Crippen LogP) is 4.18. The summed E-state index contributed by atoms with van der Waals surface area (Å²) in [4.78, 5) is 37.9. The molecule has 0 unspecified atom stereocenters.